The van der Waals surface area contributed by atoms with Crippen molar-refractivity contribution < 1.29 is 22.7 Å². The number of nitrogens with zero attached hydrogens (tertiary/aromatic N) is 3. The summed E-state index contributed by atoms with van der Waals surface area (Å²) in [5.41, 5.74) is 2.26. The maximum atomic E-state index is 13.0. The molecule has 0 radical (unpaired) electrons. The number of hydrogen-bond donors (Lipinski definition) is 0. The van der Waals surface area contributed by atoms with Gasteiger partial charge in [-0.2, -0.15) is 9.30 Å². The number of methoxy groups -OCH3 is 1. The van der Waals surface area contributed by atoms with E-state index in [0.717, 1.165) is 42.3 Å². The van der Waals surface area contributed by atoms with Crippen LogP contribution in [0.5, 0.6) is 0 Å². The van der Waals surface area contributed by atoms with Crippen LogP contribution in [-0.4, -0.2) is 49.4 Å². The summed E-state index contributed by atoms with van der Waals surface area (Å²) in [5.74, 6) is -0.958. The number of hydrogen-bond acceptors (Lipinski definition) is 6. The van der Waals surface area contributed by atoms with Gasteiger partial charge in [0.2, 0.25) is 10.0 Å². The van der Waals surface area contributed by atoms with Crippen LogP contribution in [0.1, 0.15) is 62.4 Å². The van der Waals surface area contributed by atoms with E-state index >= 15 is 0 Å². The van der Waals surface area contributed by atoms with Crippen LogP contribution in [0.4, 0.5) is 0 Å². The zero-order valence-electron chi connectivity index (χ0n) is 21.9. The van der Waals surface area contributed by atoms with Crippen molar-refractivity contribution in [2.45, 2.75) is 64.3 Å². The third-order valence-corrected chi connectivity index (χ3v) is 9.16. The maximum Gasteiger partial charge on any atom is 0.325 e. The fourth-order valence-electron chi connectivity index (χ4n) is 3.94. The van der Waals surface area contributed by atoms with Gasteiger partial charge in [0.25, 0.3) is 5.91 Å². The average Bonchev–Trinajstić information content (AvgIpc) is 3.23. The molecule has 0 N–H and O–H groups in total. The van der Waals surface area contributed by atoms with Crippen molar-refractivity contribution in [2.24, 2.45) is 4.99 Å². The summed E-state index contributed by atoms with van der Waals surface area (Å²) >= 11 is 1.33. The van der Waals surface area contributed by atoms with E-state index in [4.69, 9.17) is 4.74 Å². The summed E-state index contributed by atoms with van der Waals surface area (Å²) in [7, 11) is -2.32. The van der Waals surface area contributed by atoms with Gasteiger partial charge >= 0.3 is 5.97 Å². The molecule has 0 atom stereocenters. The van der Waals surface area contributed by atoms with Crippen LogP contribution in [0.25, 0.3) is 10.2 Å². The molecule has 0 bridgehead atoms. The van der Waals surface area contributed by atoms with Crippen LogP contribution >= 0.6 is 11.3 Å². The van der Waals surface area contributed by atoms with Crippen LogP contribution in [0.2, 0.25) is 0 Å². The predicted molar refractivity (Wildman–Crippen MR) is 146 cm³/mol. The lowest BCUT2D eigenvalue weighted by Crippen LogP contribution is -2.31. The summed E-state index contributed by atoms with van der Waals surface area (Å²) in [6.45, 7) is 6.73. The number of benzene rings is 2. The highest BCUT2D eigenvalue weighted by atomic mass is 32.2. The molecule has 2 aromatic carbocycles. The molecule has 0 saturated carbocycles. The minimum atomic E-state index is -3.64. The molecule has 0 aliphatic carbocycles. The smallest absolute Gasteiger partial charge is 0.325 e. The van der Waals surface area contributed by atoms with Gasteiger partial charge in [-0.3, -0.25) is 9.59 Å². The van der Waals surface area contributed by atoms with E-state index in [-0.39, 0.29) is 17.0 Å². The van der Waals surface area contributed by atoms with Gasteiger partial charge in [-0.05, 0) is 61.2 Å². The van der Waals surface area contributed by atoms with Crippen LogP contribution < -0.4 is 4.80 Å². The maximum absolute atomic E-state index is 13.0. The normalized spacial score (nSPS) is 12.4. The molecule has 1 heterocycles. The standard InChI is InChI=1S/C27H35N3O5S2/c1-5-8-10-20-11-16-23-24(18-20)36-27(30(23)19-25(31)35-4)28-26(32)21-12-14-22(15-13-21)37(33,34)29(7-3)17-9-6-2/h11-16,18H,5-10,17,19H2,1-4H3. The number of thiazole rings is 1. The zero-order valence-corrected chi connectivity index (χ0v) is 23.5. The number of amides is 1. The van der Waals surface area contributed by atoms with Gasteiger partial charge in [0.05, 0.1) is 22.2 Å². The van der Waals surface area contributed by atoms with Gasteiger partial charge in [0, 0.05) is 18.7 Å². The summed E-state index contributed by atoms with van der Waals surface area (Å²) in [4.78, 5) is 30.0. The molecule has 0 aliphatic heterocycles. The number of fused-ring (bicyclic) bond motifs is 1. The molecule has 0 unspecified atom stereocenters. The first kappa shape index (κ1) is 28.7. The van der Waals surface area contributed by atoms with Crippen molar-refractivity contribution in [2.75, 3.05) is 20.2 Å². The van der Waals surface area contributed by atoms with Gasteiger partial charge in [0.15, 0.2) is 4.80 Å². The number of sulfonamides is 1. The molecule has 1 amide bonds. The highest BCUT2D eigenvalue weighted by Crippen LogP contribution is 2.21. The number of unbranched alkanes of at least 4 members (excludes halogenated alkanes) is 2. The zero-order chi connectivity index (χ0) is 27.0. The molecule has 3 aromatic rings. The summed E-state index contributed by atoms with van der Waals surface area (Å²) in [6, 6.07) is 11.9. The topological polar surface area (TPSA) is 98.0 Å². The molecule has 37 heavy (non-hydrogen) atoms. The first-order chi connectivity index (χ1) is 17.7. The average molecular weight is 546 g/mol. The molecule has 0 spiro atoms. The molecule has 8 nitrogen and oxygen atoms in total. The van der Waals surface area contributed by atoms with E-state index in [2.05, 4.69) is 18.0 Å². The Morgan fingerprint density at radius 3 is 2.35 bits per heavy atom. The molecule has 1 aromatic heterocycles. The van der Waals surface area contributed by atoms with Gasteiger partial charge < -0.3 is 9.30 Å². The van der Waals surface area contributed by atoms with E-state index in [1.807, 2.05) is 26.0 Å². The first-order valence-electron chi connectivity index (χ1n) is 12.6. The molecule has 0 saturated heterocycles. The lowest BCUT2D eigenvalue weighted by Gasteiger charge is -2.20. The van der Waals surface area contributed by atoms with Crippen LogP contribution in [0.15, 0.2) is 52.4 Å². The number of aromatic nitrogens is 1. The Morgan fingerprint density at radius 1 is 1.03 bits per heavy atom. The lowest BCUT2D eigenvalue weighted by atomic mass is 10.1. The second kappa shape index (κ2) is 13.1. The van der Waals surface area contributed by atoms with Crippen molar-refractivity contribution in [1.29, 1.82) is 0 Å². The van der Waals surface area contributed by atoms with Crippen molar-refractivity contribution in [3.05, 3.63) is 58.4 Å². The predicted octanol–water partition coefficient (Wildman–Crippen LogP) is 4.77. The highest BCUT2D eigenvalue weighted by Gasteiger charge is 2.23. The number of aryl methyl sites for hydroxylation is 1. The number of ether oxygens (including phenoxy) is 1. The van der Waals surface area contributed by atoms with E-state index in [1.165, 1.54) is 52.6 Å². The minimum absolute atomic E-state index is 0.0707. The van der Waals surface area contributed by atoms with Crippen LogP contribution in [-0.2, 0) is 32.5 Å². The second-order valence-electron chi connectivity index (χ2n) is 8.74. The molecule has 10 heteroatoms. The van der Waals surface area contributed by atoms with Crippen LogP contribution in [0.3, 0.4) is 0 Å². The molecule has 0 fully saturated rings. The molecule has 200 valence electrons. The lowest BCUT2D eigenvalue weighted by molar-refractivity contribution is -0.141. The molecule has 3 rings (SSSR count). The Balaban J connectivity index is 1.96. The Morgan fingerprint density at radius 2 is 1.73 bits per heavy atom. The van der Waals surface area contributed by atoms with Crippen molar-refractivity contribution in [3.63, 3.8) is 0 Å². The van der Waals surface area contributed by atoms with Gasteiger partial charge in [-0.1, -0.05) is 51.0 Å². The third kappa shape index (κ3) is 6.94. The fraction of sp³-hybridized carbons (Fsp3) is 0.444. The van der Waals surface area contributed by atoms with Gasteiger partial charge in [-0.25, -0.2) is 8.42 Å². The van der Waals surface area contributed by atoms with Crippen molar-refractivity contribution in [1.82, 2.24) is 8.87 Å². The molecular weight excluding hydrogens is 510 g/mol. The van der Waals surface area contributed by atoms with Crippen molar-refractivity contribution >= 4 is 43.5 Å². The quantitative estimate of drug-likeness (QED) is 0.305. The Hall–Kier alpha value is -2.82. The SMILES string of the molecule is CCCCc1ccc2c(c1)sc(=NC(=O)c1ccc(S(=O)(=O)N(CC)CCCC)cc1)n2CC(=O)OC. The Bertz CT molecular complexity index is 1410. The number of carbonyl (C=O) groups excluding carboxylic acids is 2. The van der Waals surface area contributed by atoms with Gasteiger partial charge in [0.1, 0.15) is 6.54 Å². The van der Waals surface area contributed by atoms with E-state index in [1.54, 1.807) is 4.57 Å². The monoisotopic (exact) mass is 545 g/mol. The molecular formula is C27H35N3O5S2. The van der Waals surface area contributed by atoms with Crippen LogP contribution in [0, 0.1) is 0 Å². The summed E-state index contributed by atoms with van der Waals surface area (Å²) < 4.78 is 34.9. The Labute approximate surface area is 222 Å². The number of esters is 1. The summed E-state index contributed by atoms with van der Waals surface area (Å²) in [5, 5.41) is 0. The second-order valence-corrected chi connectivity index (χ2v) is 11.7. The fourth-order valence-corrected chi connectivity index (χ4v) is 6.52. The first-order valence-corrected chi connectivity index (χ1v) is 14.9. The Kier molecular flexibility index (Phi) is 10.2. The van der Waals surface area contributed by atoms with E-state index < -0.39 is 21.9 Å². The van der Waals surface area contributed by atoms with Gasteiger partial charge in [-0.15, -0.1) is 0 Å². The largest absolute Gasteiger partial charge is 0.468 e. The van der Waals surface area contributed by atoms with E-state index in [9.17, 15) is 18.0 Å². The number of rotatable bonds is 12. The minimum Gasteiger partial charge on any atom is -0.468 e. The summed E-state index contributed by atoms with van der Waals surface area (Å²) in [6.07, 6.45) is 4.80. The van der Waals surface area contributed by atoms with Crippen molar-refractivity contribution in [3.8, 4) is 0 Å². The number of carbonyl (C=O) groups is 2. The molecule has 0 aliphatic rings. The highest BCUT2D eigenvalue weighted by molar-refractivity contribution is 7.89. The third-order valence-electron chi connectivity index (χ3n) is 6.13. The van der Waals surface area contributed by atoms with E-state index in [0.29, 0.717) is 17.9 Å².